The van der Waals surface area contributed by atoms with Crippen molar-refractivity contribution in [3.05, 3.63) is 65.7 Å². The standard InChI is InChI=1S/C20H23F2N3O3/c1-2-12-23-20(27)25-17(26)13-24-18(14-6-4-3-5-7-14)15-8-10-16(11-9-15)28-19(21)22/h3-11,18-19,24H,2,12-13H2,1H3,(H2,23,25,26,27)/p+1/t18-/m1/s1. The van der Waals surface area contributed by atoms with Crippen LogP contribution in [0.15, 0.2) is 54.6 Å². The third kappa shape index (κ3) is 6.96. The number of alkyl halides is 2. The van der Waals surface area contributed by atoms with Gasteiger partial charge in [0.05, 0.1) is 0 Å². The lowest BCUT2D eigenvalue weighted by molar-refractivity contribution is -0.676. The second kappa shape index (κ2) is 11.0. The number of nitrogens with two attached hydrogens (primary N) is 1. The molecule has 0 radical (unpaired) electrons. The lowest BCUT2D eigenvalue weighted by Crippen LogP contribution is -2.88. The summed E-state index contributed by atoms with van der Waals surface area (Å²) >= 11 is 0. The van der Waals surface area contributed by atoms with E-state index in [1.54, 1.807) is 17.4 Å². The van der Waals surface area contributed by atoms with Gasteiger partial charge in [-0.15, -0.1) is 0 Å². The van der Waals surface area contributed by atoms with Crippen LogP contribution in [0.2, 0.25) is 0 Å². The Bertz CT molecular complexity index is 755. The van der Waals surface area contributed by atoms with Crippen LogP contribution < -0.4 is 20.7 Å². The molecule has 0 bridgehead atoms. The smallest absolute Gasteiger partial charge is 0.387 e. The van der Waals surface area contributed by atoms with Gasteiger partial charge in [-0.25, -0.2) is 4.79 Å². The van der Waals surface area contributed by atoms with E-state index >= 15 is 0 Å². The first-order valence-corrected chi connectivity index (χ1v) is 9.00. The number of hydrogen-bond donors (Lipinski definition) is 3. The van der Waals surface area contributed by atoms with Gasteiger partial charge in [0.2, 0.25) is 0 Å². The number of amides is 3. The van der Waals surface area contributed by atoms with E-state index in [4.69, 9.17) is 0 Å². The number of benzene rings is 2. The highest BCUT2D eigenvalue weighted by Gasteiger charge is 2.20. The highest BCUT2D eigenvalue weighted by atomic mass is 19.3. The summed E-state index contributed by atoms with van der Waals surface area (Å²) in [6.07, 6.45) is 0.773. The number of urea groups is 1. The van der Waals surface area contributed by atoms with Crippen LogP contribution >= 0.6 is 0 Å². The van der Waals surface area contributed by atoms with E-state index in [9.17, 15) is 18.4 Å². The van der Waals surface area contributed by atoms with Crippen molar-refractivity contribution in [2.75, 3.05) is 13.1 Å². The molecular weight excluding hydrogens is 368 g/mol. The van der Waals surface area contributed by atoms with Crippen LogP contribution in [0, 0.1) is 0 Å². The van der Waals surface area contributed by atoms with Crippen LogP contribution in [0.5, 0.6) is 5.75 Å². The van der Waals surface area contributed by atoms with E-state index in [1.165, 1.54) is 12.1 Å². The number of halogens is 2. The van der Waals surface area contributed by atoms with Crippen LogP contribution in [-0.2, 0) is 4.79 Å². The maximum absolute atomic E-state index is 12.3. The second-order valence-electron chi connectivity index (χ2n) is 6.08. The Morgan fingerprint density at radius 1 is 1.04 bits per heavy atom. The largest absolute Gasteiger partial charge is 0.435 e. The summed E-state index contributed by atoms with van der Waals surface area (Å²) in [5.41, 5.74) is 1.75. The molecule has 0 saturated heterocycles. The SMILES string of the molecule is CCCNC(=O)NC(=O)C[NH2+][C@H](c1ccccc1)c1ccc(OC(F)F)cc1. The molecule has 6 nitrogen and oxygen atoms in total. The summed E-state index contributed by atoms with van der Waals surface area (Å²) in [5, 5.41) is 6.63. The molecule has 150 valence electrons. The zero-order chi connectivity index (χ0) is 20.4. The Balaban J connectivity index is 2.06. The highest BCUT2D eigenvalue weighted by molar-refractivity contribution is 5.94. The zero-order valence-electron chi connectivity index (χ0n) is 15.5. The number of ether oxygens (including phenoxy) is 1. The van der Waals surface area contributed by atoms with Crippen molar-refractivity contribution < 1.29 is 28.4 Å². The Morgan fingerprint density at radius 3 is 2.29 bits per heavy atom. The molecule has 0 aromatic heterocycles. The molecule has 28 heavy (non-hydrogen) atoms. The summed E-state index contributed by atoms with van der Waals surface area (Å²) in [7, 11) is 0. The molecule has 0 aliphatic carbocycles. The first-order chi connectivity index (χ1) is 13.5. The first-order valence-electron chi connectivity index (χ1n) is 9.00. The van der Waals surface area contributed by atoms with Gasteiger partial charge in [0.15, 0.2) is 6.54 Å². The van der Waals surface area contributed by atoms with Crippen molar-refractivity contribution >= 4 is 11.9 Å². The van der Waals surface area contributed by atoms with E-state index < -0.39 is 18.5 Å². The summed E-state index contributed by atoms with van der Waals surface area (Å²) < 4.78 is 29.0. The fourth-order valence-corrected chi connectivity index (χ4v) is 2.67. The highest BCUT2D eigenvalue weighted by Crippen LogP contribution is 2.22. The number of nitrogens with one attached hydrogen (secondary N) is 2. The quantitative estimate of drug-likeness (QED) is 0.612. The fraction of sp³-hybridized carbons (Fsp3) is 0.300. The van der Waals surface area contributed by atoms with Crippen molar-refractivity contribution in [1.82, 2.24) is 10.6 Å². The number of hydrogen-bond acceptors (Lipinski definition) is 3. The van der Waals surface area contributed by atoms with Gasteiger partial charge in [-0.05, 0) is 30.7 Å². The molecule has 0 heterocycles. The summed E-state index contributed by atoms with van der Waals surface area (Å²) in [4.78, 5) is 23.6. The van der Waals surface area contributed by atoms with Crippen LogP contribution in [0.25, 0.3) is 0 Å². The van der Waals surface area contributed by atoms with Crippen LogP contribution in [0.1, 0.15) is 30.5 Å². The average Bonchev–Trinajstić information content (AvgIpc) is 2.68. The molecule has 0 fully saturated rings. The number of rotatable bonds is 9. The van der Waals surface area contributed by atoms with Crippen LogP contribution in [0.3, 0.4) is 0 Å². The molecule has 0 aliphatic rings. The third-order valence-corrected chi connectivity index (χ3v) is 3.95. The molecule has 0 unspecified atom stereocenters. The van der Waals surface area contributed by atoms with Gasteiger partial charge >= 0.3 is 12.6 Å². The maximum atomic E-state index is 12.3. The number of imide groups is 1. The van der Waals surface area contributed by atoms with Gasteiger partial charge in [-0.1, -0.05) is 37.3 Å². The number of carbonyl (C=O) groups is 2. The summed E-state index contributed by atoms with van der Waals surface area (Å²) in [5.74, 6) is -0.358. The monoisotopic (exact) mass is 392 g/mol. The van der Waals surface area contributed by atoms with Gasteiger partial charge in [0.1, 0.15) is 11.8 Å². The molecule has 3 amide bonds. The molecule has 0 aliphatic heterocycles. The second-order valence-corrected chi connectivity index (χ2v) is 6.08. The van der Waals surface area contributed by atoms with E-state index in [0.29, 0.717) is 6.54 Å². The summed E-state index contributed by atoms with van der Waals surface area (Å²) in [6.45, 7) is -0.459. The van der Waals surface area contributed by atoms with E-state index in [0.717, 1.165) is 17.5 Å². The minimum Gasteiger partial charge on any atom is -0.435 e. The lowest BCUT2D eigenvalue weighted by atomic mass is 9.98. The predicted octanol–water partition coefficient (Wildman–Crippen LogP) is 2.18. The predicted molar refractivity (Wildman–Crippen MR) is 100.0 cm³/mol. The van der Waals surface area contributed by atoms with E-state index in [2.05, 4.69) is 15.4 Å². The summed E-state index contributed by atoms with van der Waals surface area (Å²) in [6, 6.07) is 15.0. The Kier molecular flexibility index (Phi) is 8.36. The molecule has 0 spiro atoms. The minimum absolute atomic E-state index is 0.0222. The average molecular weight is 392 g/mol. The molecule has 2 aromatic carbocycles. The number of carbonyl (C=O) groups excluding carboxylic acids is 2. The van der Waals surface area contributed by atoms with E-state index in [-0.39, 0.29) is 18.3 Å². The Hall–Kier alpha value is -3.00. The third-order valence-electron chi connectivity index (χ3n) is 3.95. The van der Waals surface area contributed by atoms with Gasteiger partial charge in [-0.3, -0.25) is 10.1 Å². The van der Waals surface area contributed by atoms with Crippen molar-refractivity contribution in [3.8, 4) is 5.75 Å². The molecule has 8 heteroatoms. The van der Waals surface area contributed by atoms with Crippen molar-refractivity contribution in [2.24, 2.45) is 0 Å². The molecule has 1 atom stereocenters. The van der Waals surface area contributed by atoms with Gasteiger partial charge in [0, 0.05) is 17.7 Å². The zero-order valence-corrected chi connectivity index (χ0v) is 15.5. The number of quaternary nitrogens is 1. The van der Waals surface area contributed by atoms with Gasteiger partial charge in [-0.2, -0.15) is 8.78 Å². The normalized spacial score (nSPS) is 11.7. The maximum Gasteiger partial charge on any atom is 0.387 e. The first kappa shape index (κ1) is 21.3. The Morgan fingerprint density at radius 2 is 1.68 bits per heavy atom. The lowest BCUT2D eigenvalue weighted by Gasteiger charge is -2.17. The van der Waals surface area contributed by atoms with Crippen molar-refractivity contribution in [1.29, 1.82) is 0 Å². The molecule has 2 aromatic rings. The van der Waals surface area contributed by atoms with Gasteiger partial charge < -0.3 is 15.4 Å². The fourth-order valence-electron chi connectivity index (χ4n) is 2.67. The minimum atomic E-state index is -2.88. The molecule has 0 saturated carbocycles. The topological polar surface area (TPSA) is 84.0 Å². The van der Waals surface area contributed by atoms with Crippen LogP contribution in [-0.4, -0.2) is 31.6 Å². The van der Waals surface area contributed by atoms with Crippen molar-refractivity contribution in [2.45, 2.75) is 26.0 Å². The Labute approximate surface area is 162 Å². The van der Waals surface area contributed by atoms with Crippen molar-refractivity contribution in [3.63, 3.8) is 0 Å². The molecule has 4 N–H and O–H groups in total. The molecular formula is C20H24F2N3O3+. The van der Waals surface area contributed by atoms with Crippen LogP contribution in [0.4, 0.5) is 13.6 Å². The van der Waals surface area contributed by atoms with E-state index in [1.807, 2.05) is 37.3 Å². The van der Waals surface area contributed by atoms with Gasteiger partial charge in [0.25, 0.3) is 5.91 Å². The molecule has 2 rings (SSSR count).